The fraction of sp³-hybridized carbons (Fsp3) is 0.524. The molecule has 3 rings (SSSR count). The van der Waals surface area contributed by atoms with E-state index in [1.54, 1.807) is 18.3 Å². The number of halogens is 1. The highest BCUT2D eigenvalue weighted by molar-refractivity contribution is 14.0. The van der Waals surface area contributed by atoms with Crippen LogP contribution in [0.5, 0.6) is 0 Å². The number of nitrogens with zero attached hydrogens (tertiary/aromatic N) is 3. The lowest BCUT2D eigenvalue weighted by atomic mass is 9.96. The number of hydrogen-bond acceptors (Lipinski definition) is 5. The fourth-order valence-electron chi connectivity index (χ4n) is 3.24. The number of thiazole rings is 1. The molecule has 1 atom stereocenters. The van der Waals surface area contributed by atoms with Crippen LogP contribution >= 0.6 is 35.3 Å². The molecule has 8 heteroatoms. The molecule has 6 nitrogen and oxygen atoms in total. The fourth-order valence-corrected chi connectivity index (χ4v) is 4.15. The third-order valence-electron chi connectivity index (χ3n) is 4.87. The third kappa shape index (κ3) is 7.11. The molecule has 1 aromatic heterocycles. The van der Waals surface area contributed by atoms with Crippen molar-refractivity contribution in [1.82, 2.24) is 15.6 Å². The lowest BCUT2D eigenvalue weighted by Crippen LogP contribution is -2.39. The summed E-state index contributed by atoms with van der Waals surface area (Å²) in [5, 5.41) is 20.6. The number of guanidine groups is 1. The van der Waals surface area contributed by atoms with Crippen LogP contribution in [-0.2, 0) is 12.0 Å². The Hall–Kier alpha value is -1.39. The van der Waals surface area contributed by atoms with Crippen molar-refractivity contribution in [3.8, 4) is 0 Å². The van der Waals surface area contributed by atoms with E-state index in [1.165, 1.54) is 12.8 Å². The molecule has 0 amide bonds. The summed E-state index contributed by atoms with van der Waals surface area (Å²) < 4.78 is 0. The summed E-state index contributed by atoms with van der Waals surface area (Å²) in [6, 6.07) is 9.66. The van der Waals surface area contributed by atoms with Crippen LogP contribution in [0.2, 0.25) is 0 Å². The minimum absolute atomic E-state index is 0. The molecule has 160 valence electrons. The molecule has 3 N–H and O–H groups in total. The maximum Gasteiger partial charge on any atom is 0.191 e. The van der Waals surface area contributed by atoms with Gasteiger partial charge in [-0.25, -0.2) is 9.98 Å². The Morgan fingerprint density at radius 3 is 2.66 bits per heavy atom. The van der Waals surface area contributed by atoms with E-state index in [0.717, 1.165) is 49.0 Å². The van der Waals surface area contributed by atoms with E-state index in [-0.39, 0.29) is 24.0 Å². The van der Waals surface area contributed by atoms with Crippen molar-refractivity contribution in [2.24, 2.45) is 4.99 Å². The van der Waals surface area contributed by atoms with Crippen LogP contribution < -0.4 is 15.5 Å². The van der Waals surface area contributed by atoms with Gasteiger partial charge in [-0.05, 0) is 32.3 Å². The second-order valence-corrected chi connectivity index (χ2v) is 8.16. The first kappa shape index (κ1) is 23.9. The van der Waals surface area contributed by atoms with Crippen molar-refractivity contribution >= 4 is 46.4 Å². The average Bonchev–Trinajstić information content (AvgIpc) is 3.39. The zero-order valence-electron chi connectivity index (χ0n) is 17.2. The number of anilines is 1. The van der Waals surface area contributed by atoms with E-state index < -0.39 is 5.60 Å². The smallest absolute Gasteiger partial charge is 0.191 e. The molecular weight excluding hydrogens is 497 g/mol. The monoisotopic (exact) mass is 529 g/mol. The molecule has 0 saturated carbocycles. The second-order valence-electron chi connectivity index (χ2n) is 7.33. The van der Waals surface area contributed by atoms with Gasteiger partial charge in [-0.2, -0.15) is 0 Å². The average molecular weight is 529 g/mol. The molecular formula is C21H32IN5OS. The maximum absolute atomic E-state index is 10.7. The Balaban J connectivity index is 0.00000300. The van der Waals surface area contributed by atoms with E-state index in [4.69, 9.17) is 4.98 Å². The Labute approximate surface area is 194 Å². The van der Waals surface area contributed by atoms with Gasteiger partial charge in [-0.15, -0.1) is 35.3 Å². The SMILES string of the molecule is CCNC(=NCC(C)(O)c1ccccc1)NCCc1csc(N2CCCC2)n1.I. The first-order valence-corrected chi connectivity index (χ1v) is 11.0. The lowest BCUT2D eigenvalue weighted by molar-refractivity contribution is 0.0672. The van der Waals surface area contributed by atoms with Crippen molar-refractivity contribution in [3.05, 3.63) is 47.0 Å². The lowest BCUT2D eigenvalue weighted by Gasteiger charge is -2.22. The number of aromatic nitrogens is 1. The van der Waals surface area contributed by atoms with E-state index in [2.05, 4.69) is 25.9 Å². The molecule has 2 heterocycles. The Kier molecular flexibility index (Phi) is 9.64. The quantitative estimate of drug-likeness (QED) is 0.278. The largest absolute Gasteiger partial charge is 0.384 e. The van der Waals surface area contributed by atoms with Crippen LogP contribution in [0.4, 0.5) is 5.13 Å². The summed E-state index contributed by atoms with van der Waals surface area (Å²) in [6.07, 6.45) is 3.39. The number of hydrogen-bond donors (Lipinski definition) is 3. The van der Waals surface area contributed by atoms with Crippen LogP contribution in [-0.4, -0.2) is 48.8 Å². The number of rotatable bonds is 8. The van der Waals surface area contributed by atoms with Crippen LogP contribution in [0.1, 0.15) is 37.9 Å². The Morgan fingerprint density at radius 2 is 1.97 bits per heavy atom. The van der Waals surface area contributed by atoms with Crippen LogP contribution in [0, 0.1) is 0 Å². The van der Waals surface area contributed by atoms with Gasteiger partial charge in [0.1, 0.15) is 5.60 Å². The normalized spacial score (nSPS) is 16.2. The second kappa shape index (κ2) is 11.7. The van der Waals surface area contributed by atoms with Gasteiger partial charge in [-0.1, -0.05) is 30.3 Å². The molecule has 1 aliphatic rings. The van der Waals surface area contributed by atoms with Crippen LogP contribution in [0.25, 0.3) is 0 Å². The summed E-state index contributed by atoms with van der Waals surface area (Å²) in [7, 11) is 0. The predicted molar refractivity (Wildman–Crippen MR) is 133 cm³/mol. The number of aliphatic hydroxyl groups is 1. The summed E-state index contributed by atoms with van der Waals surface area (Å²) >= 11 is 1.74. The van der Waals surface area contributed by atoms with E-state index >= 15 is 0 Å². The van der Waals surface area contributed by atoms with Crippen molar-refractivity contribution in [2.75, 3.05) is 37.6 Å². The van der Waals surface area contributed by atoms with E-state index in [1.807, 2.05) is 37.3 Å². The summed E-state index contributed by atoms with van der Waals surface area (Å²) in [5.74, 6) is 0.716. The highest BCUT2D eigenvalue weighted by Crippen LogP contribution is 2.24. The van der Waals surface area contributed by atoms with Gasteiger partial charge in [0.25, 0.3) is 0 Å². The molecule has 0 radical (unpaired) electrons. The minimum Gasteiger partial charge on any atom is -0.384 e. The molecule has 0 spiro atoms. The summed E-state index contributed by atoms with van der Waals surface area (Å²) in [4.78, 5) is 11.7. The Bertz CT molecular complexity index is 759. The third-order valence-corrected chi connectivity index (χ3v) is 5.82. The highest BCUT2D eigenvalue weighted by atomic mass is 127. The first-order chi connectivity index (χ1) is 13.6. The molecule has 1 saturated heterocycles. The van der Waals surface area contributed by atoms with Gasteiger partial charge in [0.15, 0.2) is 11.1 Å². The Morgan fingerprint density at radius 1 is 1.24 bits per heavy atom. The number of nitrogens with one attached hydrogen (secondary N) is 2. The zero-order valence-corrected chi connectivity index (χ0v) is 20.4. The molecule has 0 aliphatic carbocycles. The molecule has 1 aromatic carbocycles. The minimum atomic E-state index is -0.997. The van der Waals surface area contributed by atoms with Crippen molar-refractivity contribution < 1.29 is 5.11 Å². The molecule has 1 aliphatic heterocycles. The topological polar surface area (TPSA) is 72.8 Å². The molecule has 0 bridgehead atoms. The maximum atomic E-state index is 10.7. The highest BCUT2D eigenvalue weighted by Gasteiger charge is 2.22. The van der Waals surface area contributed by atoms with Crippen LogP contribution in [0.3, 0.4) is 0 Å². The van der Waals surface area contributed by atoms with Gasteiger partial charge >= 0.3 is 0 Å². The van der Waals surface area contributed by atoms with Crippen molar-refractivity contribution in [2.45, 2.75) is 38.7 Å². The van der Waals surface area contributed by atoms with Gasteiger partial charge in [0, 0.05) is 38.0 Å². The number of benzene rings is 1. The van der Waals surface area contributed by atoms with Crippen LogP contribution in [0.15, 0.2) is 40.7 Å². The van der Waals surface area contributed by atoms with E-state index in [9.17, 15) is 5.11 Å². The predicted octanol–water partition coefficient (Wildman–Crippen LogP) is 3.37. The van der Waals surface area contributed by atoms with Gasteiger partial charge in [-0.3, -0.25) is 0 Å². The molecule has 1 unspecified atom stereocenters. The van der Waals surface area contributed by atoms with Gasteiger partial charge in [0.05, 0.1) is 12.2 Å². The van der Waals surface area contributed by atoms with E-state index in [0.29, 0.717) is 12.5 Å². The number of aliphatic imine (C=N–C) groups is 1. The first-order valence-electron chi connectivity index (χ1n) is 10.1. The van der Waals surface area contributed by atoms with Gasteiger partial charge in [0.2, 0.25) is 0 Å². The summed E-state index contributed by atoms with van der Waals surface area (Å²) in [5.41, 5.74) is 0.987. The van der Waals surface area contributed by atoms with Gasteiger partial charge < -0.3 is 20.6 Å². The standard InChI is InChI=1S/C21H31N5OS.HI/c1-3-22-19(24-16-21(2,27)17-9-5-4-6-10-17)23-12-11-18-15-28-20(25-18)26-13-7-8-14-26;/h4-6,9-10,15,27H,3,7-8,11-14,16H2,1-2H3,(H2,22,23,24);1H. The van der Waals surface area contributed by atoms with Crippen molar-refractivity contribution in [1.29, 1.82) is 0 Å². The van der Waals surface area contributed by atoms with Crippen molar-refractivity contribution in [3.63, 3.8) is 0 Å². The molecule has 29 heavy (non-hydrogen) atoms. The zero-order chi connectivity index (χ0) is 19.8. The summed E-state index contributed by atoms with van der Waals surface area (Å²) in [6.45, 7) is 7.91. The molecule has 2 aromatic rings. The molecule has 1 fully saturated rings.